The van der Waals surface area contributed by atoms with E-state index in [1.807, 2.05) is 0 Å². The number of rotatable bonds is 3. The molecule has 0 unspecified atom stereocenters. The second kappa shape index (κ2) is 10.6. The minimum atomic E-state index is -0.374. The fourth-order valence-electron chi connectivity index (χ4n) is 9.57. The summed E-state index contributed by atoms with van der Waals surface area (Å²) in [6.45, 7) is 0.530. The van der Waals surface area contributed by atoms with Crippen LogP contribution in [0.2, 0.25) is 0 Å². The molecule has 0 aliphatic heterocycles. The van der Waals surface area contributed by atoms with Crippen LogP contribution in [0, 0.1) is 0 Å². The molecular formula is C50H33N. The van der Waals surface area contributed by atoms with Gasteiger partial charge in [-0.05, 0) is 123 Å². The molecule has 2 aliphatic rings. The van der Waals surface area contributed by atoms with Gasteiger partial charge in [-0.25, -0.2) is 0 Å². The lowest BCUT2D eigenvalue weighted by Gasteiger charge is -2.30. The predicted molar refractivity (Wildman–Crippen MR) is 214 cm³/mol. The van der Waals surface area contributed by atoms with E-state index in [4.69, 9.17) is 5.73 Å². The van der Waals surface area contributed by atoms with E-state index in [0.29, 0.717) is 6.54 Å². The van der Waals surface area contributed by atoms with Gasteiger partial charge in [0.1, 0.15) is 0 Å². The SMILES string of the molecule is NCc1cccc(-c2ccc3c(c2)c2ccccc2c2cccc(-c4ccc5c(c4)C4(c6ccccc6-c6ccccc64)c4ccccc4-5)c23)c1. The quantitative estimate of drug-likeness (QED) is 0.190. The zero-order valence-corrected chi connectivity index (χ0v) is 28.0. The Hall–Kier alpha value is -6.28. The average Bonchev–Trinajstić information content (AvgIpc) is 3.67. The highest BCUT2D eigenvalue weighted by molar-refractivity contribution is 6.28. The van der Waals surface area contributed by atoms with Crippen LogP contribution in [-0.2, 0) is 12.0 Å². The predicted octanol–water partition coefficient (Wildman–Crippen LogP) is 12.3. The molecule has 0 radical (unpaired) electrons. The highest BCUT2D eigenvalue weighted by Crippen LogP contribution is 2.63. The Labute approximate surface area is 297 Å². The van der Waals surface area contributed by atoms with Crippen LogP contribution in [-0.4, -0.2) is 0 Å². The lowest BCUT2D eigenvalue weighted by Crippen LogP contribution is -2.25. The summed E-state index contributed by atoms with van der Waals surface area (Å²) in [5.74, 6) is 0. The van der Waals surface area contributed by atoms with E-state index in [2.05, 4.69) is 176 Å². The van der Waals surface area contributed by atoms with E-state index in [1.54, 1.807) is 0 Å². The molecule has 51 heavy (non-hydrogen) atoms. The topological polar surface area (TPSA) is 26.0 Å². The van der Waals surface area contributed by atoms with E-state index in [-0.39, 0.29) is 5.41 Å². The van der Waals surface area contributed by atoms with Crippen molar-refractivity contribution in [3.63, 3.8) is 0 Å². The van der Waals surface area contributed by atoms with Gasteiger partial charge in [-0.1, -0.05) is 158 Å². The normalized spacial score (nSPS) is 13.4. The van der Waals surface area contributed by atoms with Gasteiger partial charge in [0, 0.05) is 6.54 Å². The lowest BCUT2D eigenvalue weighted by atomic mass is 9.70. The van der Waals surface area contributed by atoms with Crippen molar-refractivity contribution < 1.29 is 0 Å². The van der Waals surface area contributed by atoms with E-state index in [0.717, 1.165) is 5.56 Å². The average molecular weight is 648 g/mol. The van der Waals surface area contributed by atoms with Crippen LogP contribution in [0.5, 0.6) is 0 Å². The highest BCUT2D eigenvalue weighted by Gasteiger charge is 2.51. The smallest absolute Gasteiger partial charge is 0.0725 e. The number of fused-ring (bicyclic) bond motifs is 16. The molecule has 0 fully saturated rings. The molecule has 9 aromatic rings. The largest absolute Gasteiger partial charge is 0.326 e. The first-order chi connectivity index (χ1) is 25.3. The standard InChI is InChI=1S/C50H33N/c51-30-31-11-9-12-32(27-31)33-23-26-43-44(28-33)37-14-2-1-13-36(37)42-19-10-18-35(49(42)43)34-24-25-41-40-17-5-8-22-47(40)50(48(41)29-34)45-20-6-3-15-38(45)39-16-4-7-21-46(39)50/h1-29H,30,51H2. The van der Waals surface area contributed by atoms with Gasteiger partial charge in [0.2, 0.25) is 0 Å². The molecule has 11 rings (SSSR count). The monoisotopic (exact) mass is 647 g/mol. The minimum absolute atomic E-state index is 0.374. The molecule has 0 saturated heterocycles. The van der Waals surface area contributed by atoms with Gasteiger partial charge in [0.15, 0.2) is 0 Å². The van der Waals surface area contributed by atoms with Gasteiger partial charge in [-0.3, -0.25) is 0 Å². The molecule has 0 saturated carbocycles. The number of nitrogens with two attached hydrogens (primary N) is 1. The van der Waals surface area contributed by atoms with Gasteiger partial charge >= 0.3 is 0 Å². The van der Waals surface area contributed by atoms with Crippen LogP contribution >= 0.6 is 0 Å². The van der Waals surface area contributed by atoms with Gasteiger partial charge in [-0.2, -0.15) is 0 Å². The van der Waals surface area contributed by atoms with Crippen LogP contribution in [0.3, 0.4) is 0 Å². The summed E-state index contributed by atoms with van der Waals surface area (Å²) in [7, 11) is 0. The molecule has 0 amide bonds. The Morgan fingerprint density at radius 3 is 1.53 bits per heavy atom. The van der Waals surface area contributed by atoms with Crippen LogP contribution in [0.15, 0.2) is 176 Å². The van der Waals surface area contributed by atoms with Crippen molar-refractivity contribution in [2.75, 3.05) is 0 Å². The van der Waals surface area contributed by atoms with E-state index in [9.17, 15) is 0 Å². The molecule has 1 spiro atoms. The Bertz CT molecular complexity index is 2850. The van der Waals surface area contributed by atoms with Crippen molar-refractivity contribution in [1.29, 1.82) is 0 Å². The lowest BCUT2D eigenvalue weighted by molar-refractivity contribution is 0.794. The Morgan fingerprint density at radius 1 is 0.333 bits per heavy atom. The molecule has 2 N–H and O–H groups in total. The number of hydrogen-bond donors (Lipinski definition) is 1. The van der Waals surface area contributed by atoms with Crippen LogP contribution in [0.1, 0.15) is 27.8 Å². The van der Waals surface area contributed by atoms with Crippen molar-refractivity contribution in [1.82, 2.24) is 0 Å². The number of benzene rings is 9. The van der Waals surface area contributed by atoms with Crippen molar-refractivity contribution in [2.24, 2.45) is 5.73 Å². The Morgan fingerprint density at radius 2 is 0.843 bits per heavy atom. The third-order valence-electron chi connectivity index (χ3n) is 11.7. The molecule has 0 aromatic heterocycles. The molecule has 9 aromatic carbocycles. The molecule has 1 nitrogen and oxygen atoms in total. The van der Waals surface area contributed by atoms with Crippen LogP contribution in [0.4, 0.5) is 0 Å². The van der Waals surface area contributed by atoms with Crippen molar-refractivity contribution >= 4 is 32.3 Å². The first-order valence-corrected chi connectivity index (χ1v) is 17.9. The molecule has 0 atom stereocenters. The third kappa shape index (κ3) is 3.79. The Balaban J connectivity index is 1.21. The third-order valence-corrected chi connectivity index (χ3v) is 11.7. The van der Waals surface area contributed by atoms with E-state index in [1.165, 1.54) is 99.1 Å². The summed E-state index contributed by atoms with van der Waals surface area (Å²) in [5.41, 5.74) is 22.5. The van der Waals surface area contributed by atoms with Gasteiger partial charge in [0.05, 0.1) is 5.41 Å². The summed E-state index contributed by atoms with van der Waals surface area (Å²) in [4.78, 5) is 0. The summed E-state index contributed by atoms with van der Waals surface area (Å²) in [6, 6.07) is 65.7. The Kier molecular flexibility index (Phi) is 5.94. The zero-order valence-electron chi connectivity index (χ0n) is 28.0. The minimum Gasteiger partial charge on any atom is -0.326 e. The first-order valence-electron chi connectivity index (χ1n) is 17.9. The number of hydrogen-bond acceptors (Lipinski definition) is 1. The maximum absolute atomic E-state index is 6.04. The second-order valence-electron chi connectivity index (χ2n) is 14.1. The highest BCUT2D eigenvalue weighted by atomic mass is 14.5. The van der Waals surface area contributed by atoms with Crippen LogP contribution < -0.4 is 5.73 Å². The summed E-state index contributed by atoms with van der Waals surface area (Å²) in [5, 5.41) is 7.67. The molecule has 0 heterocycles. The van der Waals surface area contributed by atoms with Crippen molar-refractivity contribution in [3.8, 4) is 44.5 Å². The molecule has 1 heteroatoms. The summed E-state index contributed by atoms with van der Waals surface area (Å²) in [6.07, 6.45) is 0. The molecule has 2 aliphatic carbocycles. The van der Waals surface area contributed by atoms with Gasteiger partial charge in [0.25, 0.3) is 0 Å². The van der Waals surface area contributed by atoms with Crippen molar-refractivity contribution in [3.05, 3.63) is 204 Å². The summed E-state index contributed by atoms with van der Waals surface area (Å²) >= 11 is 0. The van der Waals surface area contributed by atoms with Gasteiger partial charge in [-0.15, -0.1) is 0 Å². The first kappa shape index (κ1) is 28.5. The van der Waals surface area contributed by atoms with Crippen molar-refractivity contribution in [2.45, 2.75) is 12.0 Å². The fourth-order valence-corrected chi connectivity index (χ4v) is 9.57. The van der Waals surface area contributed by atoms with E-state index >= 15 is 0 Å². The summed E-state index contributed by atoms with van der Waals surface area (Å²) < 4.78 is 0. The van der Waals surface area contributed by atoms with E-state index < -0.39 is 0 Å². The molecular weight excluding hydrogens is 615 g/mol. The molecule has 0 bridgehead atoms. The zero-order chi connectivity index (χ0) is 33.7. The maximum Gasteiger partial charge on any atom is 0.0725 e. The molecule has 238 valence electrons. The van der Waals surface area contributed by atoms with Gasteiger partial charge < -0.3 is 5.73 Å². The second-order valence-corrected chi connectivity index (χ2v) is 14.1. The maximum atomic E-state index is 6.04. The van der Waals surface area contributed by atoms with Crippen LogP contribution in [0.25, 0.3) is 76.8 Å². The fraction of sp³-hybridized carbons (Fsp3) is 0.0400.